The number of aliphatic hydroxyl groups excluding tert-OH is 1. The summed E-state index contributed by atoms with van der Waals surface area (Å²) in [7, 11) is 4.00. The lowest BCUT2D eigenvalue weighted by atomic mass is 10.3. The molecule has 9 heavy (non-hydrogen) atoms. The fourth-order valence-electron chi connectivity index (χ4n) is 0.484. The van der Waals surface area contributed by atoms with Gasteiger partial charge in [-0.05, 0) is 20.5 Å². The quantitative estimate of drug-likeness (QED) is 0.669. The van der Waals surface area contributed by atoms with Gasteiger partial charge in [0.1, 0.15) is 0 Å². The molecule has 1 atom stereocenters. The van der Waals surface area contributed by atoms with E-state index in [2.05, 4.69) is 20.8 Å². The first-order valence-electron chi connectivity index (χ1n) is 3.05. The highest BCUT2D eigenvalue weighted by Gasteiger charge is 2.00. The minimum absolute atomic E-state index is 0.188. The number of halogens is 1. The van der Waals surface area contributed by atoms with Gasteiger partial charge in [0.2, 0.25) is 0 Å². The molecule has 0 aromatic heterocycles. The van der Waals surface area contributed by atoms with E-state index >= 15 is 0 Å². The zero-order valence-corrected chi connectivity index (χ0v) is 7.56. The Balaban J connectivity index is 3.06. The Morgan fingerprint density at radius 1 is 1.56 bits per heavy atom. The molecule has 1 unspecified atom stereocenters. The van der Waals surface area contributed by atoms with Crippen molar-refractivity contribution in [3.63, 3.8) is 0 Å². The highest BCUT2D eigenvalue weighted by Crippen LogP contribution is 1.96. The van der Waals surface area contributed by atoms with Gasteiger partial charge in [-0.3, -0.25) is 0 Å². The third kappa shape index (κ3) is 6.28. The van der Waals surface area contributed by atoms with Gasteiger partial charge >= 0.3 is 0 Å². The van der Waals surface area contributed by atoms with Crippen molar-refractivity contribution in [1.82, 2.24) is 4.90 Å². The van der Waals surface area contributed by atoms with Gasteiger partial charge in [-0.1, -0.05) is 15.9 Å². The summed E-state index contributed by atoms with van der Waals surface area (Å²) >= 11 is 3.20. The highest BCUT2D eigenvalue weighted by atomic mass is 79.9. The molecule has 1 N–H and O–H groups in total. The molecule has 0 saturated heterocycles. The van der Waals surface area contributed by atoms with Crippen LogP contribution in [0.1, 0.15) is 6.42 Å². The molecule has 0 aliphatic heterocycles. The molecule has 0 saturated carbocycles. The van der Waals surface area contributed by atoms with Crippen molar-refractivity contribution in [3.05, 3.63) is 0 Å². The van der Waals surface area contributed by atoms with E-state index in [-0.39, 0.29) is 6.10 Å². The van der Waals surface area contributed by atoms with E-state index in [9.17, 15) is 0 Å². The van der Waals surface area contributed by atoms with E-state index < -0.39 is 0 Å². The van der Waals surface area contributed by atoms with E-state index in [1.54, 1.807) is 0 Å². The van der Waals surface area contributed by atoms with Crippen LogP contribution in [0.15, 0.2) is 0 Å². The summed E-state index contributed by atoms with van der Waals surface area (Å²) in [5, 5.41) is 9.71. The lowest BCUT2D eigenvalue weighted by Crippen LogP contribution is -2.19. The van der Waals surface area contributed by atoms with Crippen LogP contribution in [-0.2, 0) is 0 Å². The van der Waals surface area contributed by atoms with Crippen molar-refractivity contribution < 1.29 is 5.11 Å². The number of hydrogen-bond donors (Lipinski definition) is 1. The molecule has 0 aliphatic rings. The highest BCUT2D eigenvalue weighted by molar-refractivity contribution is 9.09. The lowest BCUT2D eigenvalue weighted by Gasteiger charge is -2.11. The Morgan fingerprint density at radius 3 is 2.44 bits per heavy atom. The number of aliphatic hydroxyl groups is 1. The molecular weight excluding hydrogens is 182 g/mol. The largest absolute Gasteiger partial charge is 0.392 e. The molecule has 0 fully saturated rings. The van der Waals surface area contributed by atoms with Gasteiger partial charge in [0.05, 0.1) is 6.10 Å². The van der Waals surface area contributed by atoms with Gasteiger partial charge in [0.15, 0.2) is 0 Å². The second-order valence-corrected chi connectivity index (χ2v) is 3.05. The number of nitrogens with zero attached hydrogens (tertiary/aromatic N) is 1. The summed E-state index contributed by atoms with van der Waals surface area (Å²) in [5.74, 6) is 0. The van der Waals surface area contributed by atoms with Crippen molar-refractivity contribution in [2.75, 3.05) is 26.0 Å². The lowest BCUT2D eigenvalue weighted by molar-refractivity contribution is 0.176. The third-order valence-corrected chi connectivity index (χ3v) is 1.84. The van der Waals surface area contributed by atoms with Crippen LogP contribution in [-0.4, -0.2) is 42.1 Å². The molecule has 0 heterocycles. The molecular formula is C6H14BrNO. The van der Waals surface area contributed by atoms with Crippen LogP contribution in [0.4, 0.5) is 0 Å². The number of hydrogen-bond acceptors (Lipinski definition) is 2. The summed E-state index contributed by atoms with van der Waals surface area (Å²) in [6, 6.07) is 0. The summed E-state index contributed by atoms with van der Waals surface area (Å²) < 4.78 is 0. The van der Waals surface area contributed by atoms with E-state index in [0.717, 1.165) is 13.0 Å². The first-order chi connectivity index (χ1) is 4.16. The van der Waals surface area contributed by atoms with Crippen LogP contribution >= 0.6 is 15.9 Å². The first kappa shape index (κ1) is 9.40. The molecule has 2 nitrogen and oxygen atoms in total. The van der Waals surface area contributed by atoms with E-state index in [0.29, 0.717) is 5.33 Å². The minimum atomic E-state index is -0.188. The van der Waals surface area contributed by atoms with Crippen molar-refractivity contribution >= 4 is 15.9 Å². The standard InChI is InChI=1S/C6H14BrNO/c1-8(2)4-3-6(9)5-7/h6,9H,3-5H2,1-2H3. The predicted molar refractivity (Wildman–Crippen MR) is 43.0 cm³/mol. The smallest absolute Gasteiger partial charge is 0.0649 e. The van der Waals surface area contributed by atoms with Crippen molar-refractivity contribution in [1.29, 1.82) is 0 Å². The summed E-state index contributed by atoms with van der Waals surface area (Å²) in [6.07, 6.45) is 0.658. The molecule has 0 rings (SSSR count). The maximum absolute atomic E-state index is 9.03. The average Bonchev–Trinajstić information content (AvgIpc) is 1.83. The SMILES string of the molecule is CN(C)CCC(O)CBr. The van der Waals surface area contributed by atoms with Crippen LogP contribution < -0.4 is 0 Å². The fraction of sp³-hybridized carbons (Fsp3) is 1.00. The van der Waals surface area contributed by atoms with Crippen LogP contribution in [0.3, 0.4) is 0 Å². The normalized spacial score (nSPS) is 14.3. The number of alkyl halides is 1. The average molecular weight is 196 g/mol. The van der Waals surface area contributed by atoms with Gasteiger partial charge < -0.3 is 10.0 Å². The molecule has 0 radical (unpaired) electrons. The van der Waals surface area contributed by atoms with Gasteiger partial charge in [0.25, 0.3) is 0 Å². The summed E-state index contributed by atoms with van der Waals surface area (Å²) in [5.41, 5.74) is 0. The fourth-order valence-corrected chi connectivity index (χ4v) is 0.808. The van der Waals surface area contributed by atoms with Gasteiger partial charge in [-0.25, -0.2) is 0 Å². The van der Waals surface area contributed by atoms with E-state index in [4.69, 9.17) is 5.11 Å². The van der Waals surface area contributed by atoms with Crippen molar-refractivity contribution in [3.8, 4) is 0 Å². The summed E-state index contributed by atoms with van der Waals surface area (Å²) in [6.45, 7) is 0.951. The monoisotopic (exact) mass is 195 g/mol. The Hall–Kier alpha value is 0.400. The molecule has 0 bridgehead atoms. The summed E-state index contributed by atoms with van der Waals surface area (Å²) in [4.78, 5) is 2.06. The second-order valence-electron chi connectivity index (χ2n) is 2.40. The predicted octanol–water partition coefficient (Wildman–Crippen LogP) is 0.694. The second kappa shape index (κ2) is 5.21. The Morgan fingerprint density at radius 2 is 2.11 bits per heavy atom. The van der Waals surface area contributed by atoms with E-state index in [1.807, 2.05) is 14.1 Å². The maximum atomic E-state index is 9.03. The molecule has 3 heteroatoms. The zero-order valence-electron chi connectivity index (χ0n) is 5.97. The first-order valence-corrected chi connectivity index (χ1v) is 4.17. The number of rotatable bonds is 4. The van der Waals surface area contributed by atoms with Gasteiger partial charge in [0, 0.05) is 11.9 Å². The van der Waals surface area contributed by atoms with Crippen LogP contribution in [0.5, 0.6) is 0 Å². The molecule has 0 aromatic rings. The minimum Gasteiger partial charge on any atom is -0.392 e. The molecule has 0 amide bonds. The van der Waals surface area contributed by atoms with Crippen LogP contribution in [0, 0.1) is 0 Å². The Kier molecular flexibility index (Phi) is 5.44. The topological polar surface area (TPSA) is 23.5 Å². The maximum Gasteiger partial charge on any atom is 0.0649 e. The third-order valence-electron chi connectivity index (χ3n) is 1.09. The van der Waals surface area contributed by atoms with Crippen LogP contribution in [0.2, 0.25) is 0 Å². The van der Waals surface area contributed by atoms with Crippen molar-refractivity contribution in [2.45, 2.75) is 12.5 Å². The zero-order chi connectivity index (χ0) is 7.28. The Labute approximate surface area is 65.0 Å². The molecule has 0 aliphatic carbocycles. The van der Waals surface area contributed by atoms with E-state index in [1.165, 1.54) is 0 Å². The molecule has 0 aromatic carbocycles. The molecule has 0 spiro atoms. The van der Waals surface area contributed by atoms with Gasteiger partial charge in [-0.2, -0.15) is 0 Å². The van der Waals surface area contributed by atoms with Crippen molar-refractivity contribution in [2.24, 2.45) is 0 Å². The van der Waals surface area contributed by atoms with Crippen LogP contribution in [0.25, 0.3) is 0 Å². The molecule has 56 valence electrons. The Bertz CT molecular complexity index is 68.1. The van der Waals surface area contributed by atoms with Gasteiger partial charge in [-0.15, -0.1) is 0 Å².